The lowest BCUT2D eigenvalue weighted by Crippen LogP contribution is -2.44. The monoisotopic (exact) mass is 322 g/mol. The zero-order chi connectivity index (χ0) is 15.4. The first-order chi connectivity index (χ1) is 10.7. The van der Waals surface area contributed by atoms with Crippen molar-refractivity contribution in [3.63, 3.8) is 0 Å². The summed E-state index contributed by atoms with van der Waals surface area (Å²) >= 11 is 5.89. The summed E-state index contributed by atoms with van der Waals surface area (Å²) in [5.41, 5.74) is 0. The quantitative estimate of drug-likeness (QED) is 0.839. The van der Waals surface area contributed by atoms with Crippen molar-refractivity contribution >= 4 is 11.6 Å². The van der Waals surface area contributed by atoms with Crippen molar-refractivity contribution in [3.8, 4) is 5.75 Å². The second-order valence-corrected chi connectivity index (χ2v) is 5.77. The molecule has 118 valence electrons. The van der Waals surface area contributed by atoms with E-state index >= 15 is 0 Å². The molecule has 0 aliphatic carbocycles. The van der Waals surface area contributed by atoms with Gasteiger partial charge in [0, 0.05) is 44.8 Å². The molecular formula is C15H19ClN4O2. The van der Waals surface area contributed by atoms with Crippen molar-refractivity contribution in [1.82, 2.24) is 19.4 Å². The molecule has 22 heavy (non-hydrogen) atoms. The van der Waals surface area contributed by atoms with E-state index in [1.165, 1.54) is 0 Å². The molecule has 1 unspecified atom stereocenters. The summed E-state index contributed by atoms with van der Waals surface area (Å²) in [6, 6.07) is 1.75. The summed E-state index contributed by atoms with van der Waals surface area (Å²) in [6.45, 7) is 3.73. The molecule has 1 fully saturated rings. The average Bonchev–Trinajstić information content (AvgIpc) is 2.91. The van der Waals surface area contributed by atoms with Crippen LogP contribution in [0.15, 0.2) is 30.9 Å². The summed E-state index contributed by atoms with van der Waals surface area (Å²) in [6.07, 6.45) is 7.05. The van der Waals surface area contributed by atoms with E-state index in [0.29, 0.717) is 24.0 Å². The van der Waals surface area contributed by atoms with Gasteiger partial charge in [-0.2, -0.15) is 0 Å². The van der Waals surface area contributed by atoms with Crippen LogP contribution in [0, 0.1) is 0 Å². The van der Waals surface area contributed by atoms with Gasteiger partial charge < -0.3 is 14.0 Å². The lowest BCUT2D eigenvalue weighted by Gasteiger charge is -2.32. The fourth-order valence-electron chi connectivity index (χ4n) is 2.43. The number of ether oxygens (including phenoxy) is 2. The molecule has 0 aromatic carbocycles. The van der Waals surface area contributed by atoms with E-state index in [9.17, 15) is 0 Å². The molecule has 0 saturated carbocycles. The molecule has 2 aromatic heterocycles. The van der Waals surface area contributed by atoms with Gasteiger partial charge in [0.15, 0.2) is 0 Å². The predicted octanol–water partition coefficient (Wildman–Crippen LogP) is 1.75. The van der Waals surface area contributed by atoms with Crippen molar-refractivity contribution in [2.24, 2.45) is 7.05 Å². The zero-order valence-electron chi connectivity index (χ0n) is 12.5. The van der Waals surface area contributed by atoms with Crippen LogP contribution < -0.4 is 4.74 Å². The van der Waals surface area contributed by atoms with E-state index in [2.05, 4.69) is 14.9 Å². The van der Waals surface area contributed by atoms with Crippen molar-refractivity contribution in [2.75, 3.05) is 26.3 Å². The molecule has 1 aliphatic rings. The topological polar surface area (TPSA) is 52.4 Å². The molecule has 1 aliphatic heterocycles. The van der Waals surface area contributed by atoms with Crippen LogP contribution in [0.3, 0.4) is 0 Å². The van der Waals surface area contributed by atoms with Crippen LogP contribution in [0.4, 0.5) is 0 Å². The van der Waals surface area contributed by atoms with Crippen LogP contribution in [0.2, 0.25) is 5.02 Å². The summed E-state index contributed by atoms with van der Waals surface area (Å²) in [5.74, 6) is 1.72. The second-order valence-electron chi connectivity index (χ2n) is 5.33. The summed E-state index contributed by atoms with van der Waals surface area (Å²) in [5, 5.41) is 0.568. The van der Waals surface area contributed by atoms with Crippen LogP contribution in [-0.4, -0.2) is 51.8 Å². The fourth-order valence-corrected chi connectivity index (χ4v) is 2.60. The molecule has 6 nitrogen and oxygen atoms in total. The highest BCUT2D eigenvalue weighted by atomic mass is 35.5. The van der Waals surface area contributed by atoms with E-state index in [4.69, 9.17) is 21.1 Å². The Morgan fingerprint density at radius 3 is 3.14 bits per heavy atom. The lowest BCUT2D eigenvalue weighted by molar-refractivity contribution is -0.0512. The molecule has 0 bridgehead atoms. The molecule has 0 spiro atoms. The van der Waals surface area contributed by atoms with Crippen molar-refractivity contribution < 1.29 is 9.47 Å². The van der Waals surface area contributed by atoms with Gasteiger partial charge in [0.25, 0.3) is 0 Å². The summed E-state index contributed by atoms with van der Waals surface area (Å²) in [7, 11) is 2.01. The highest BCUT2D eigenvalue weighted by Gasteiger charge is 2.22. The Kier molecular flexibility index (Phi) is 4.92. The van der Waals surface area contributed by atoms with Gasteiger partial charge in [-0.25, -0.2) is 4.98 Å². The van der Waals surface area contributed by atoms with E-state index in [1.807, 2.05) is 24.0 Å². The van der Waals surface area contributed by atoms with Gasteiger partial charge >= 0.3 is 0 Å². The van der Waals surface area contributed by atoms with E-state index in [-0.39, 0.29) is 6.10 Å². The number of rotatable bonds is 5. The van der Waals surface area contributed by atoms with Gasteiger partial charge in [-0.3, -0.25) is 9.88 Å². The van der Waals surface area contributed by atoms with Gasteiger partial charge in [0.1, 0.15) is 24.3 Å². The van der Waals surface area contributed by atoms with Crippen LogP contribution >= 0.6 is 11.6 Å². The largest absolute Gasteiger partial charge is 0.489 e. The number of hydrogen-bond donors (Lipinski definition) is 0. The minimum absolute atomic E-state index is 0.0352. The minimum atomic E-state index is 0.0352. The third-order valence-electron chi connectivity index (χ3n) is 3.62. The van der Waals surface area contributed by atoms with Crippen molar-refractivity contribution in [1.29, 1.82) is 0 Å². The molecule has 0 N–H and O–H groups in total. The number of hydrogen-bond acceptors (Lipinski definition) is 5. The predicted molar refractivity (Wildman–Crippen MR) is 83.0 cm³/mol. The van der Waals surface area contributed by atoms with Crippen LogP contribution in [0.25, 0.3) is 0 Å². The number of aromatic nitrogens is 3. The minimum Gasteiger partial charge on any atom is -0.489 e. The third-order valence-corrected chi connectivity index (χ3v) is 3.83. The molecular weight excluding hydrogens is 304 g/mol. The van der Waals surface area contributed by atoms with E-state index in [0.717, 1.165) is 25.5 Å². The SMILES string of the molecule is Cn1ccnc1CN1CCOC(COc2cncc(Cl)c2)C1. The standard InChI is InChI=1S/C15H19ClN4O2/c1-19-3-2-18-15(19)10-20-4-5-21-14(9-20)11-22-13-6-12(16)7-17-8-13/h2-3,6-8,14H,4-5,9-11H2,1H3. The Bertz CT molecular complexity index is 619. The molecule has 1 atom stereocenters. The van der Waals surface area contributed by atoms with Gasteiger partial charge in [-0.1, -0.05) is 11.6 Å². The normalized spacial score (nSPS) is 19.3. The smallest absolute Gasteiger partial charge is 0.139 e. The molecule has 7 heteroatoms. The fraction of sp³-hybridized carbons (Fsp3) is 0.467. The lowest BCUT2D eigenvalue weighted by atomic mass is 10.3. The summed E-state index contributed by atoms with van der Waals surface area (Å²) in [4.78, 5) is 10.7. The number of imidazole rings is 1. The zero-order valence-corrected chi connectivity index (χ0v) is 13.2. The van der Waals surface area contributed by atoms with Crippen molar-refractivity contribution in [2.45, 2.75) is 12.6 Å². The van der Waals surface area contributed by atoms with Crippen LogP contribution in [0.1, 0.15) is 5.82 Å². The highest BCUT2D eigenvalue weighted by molar-refractivity contribution is 6.30. The Morgan fingerprint density at radius 1 is 1.45 bits per heavy atom. The molecule has 0 amide bonds. The number of nitrogens with zero attached hydrogens (tertiary/aromatic N) is 4. The second kappa shape index (κ2) is 7.09. The van der Waals surface area contributed by atoms with Crippen molar-refractivity contribution in [3.05, 3.63) is 41.7 Å². The molecule has 0 radical (unpaired) electrons. The maximum Gasteiger partial charge on any atom is 0.139 e. The summed E-state index contributed by atoms with van der Waals surface area (Å²) < 4.78 is 13.5. The maximum absolute atomic E-state index is 5.89. The first-order valence-corrected chi connectivity index (χ1v) is 7.62. The number of halogens is 1. The van der Waals surface area contributed by atoms with Gasteiger partial charge in [0.05, 0.1) is 24.4 Å². The number of aryl methyl sites for hydroxylation is 1. The van der Waals surface area contributed by atoms with Crippen LogP contribution in [-0.2, 0) is 18.3 Å². The van der Waals surface area contributed by atoms with Gasteiger partial charge in [-0.05, 0) is 0 Å². The number of pyridine rings is 1. The average molecular weight is 323 g/mol. The van der Waals surface area contributed by atoms with Gasteiger partial charge in [0.2, 0.25) is 0 Å². The first kappa shape index (κ1) is 15.3. The Labute approximate surface area is 134 Å². The van der Waals surface area contributed by atoms with E-state index in [1.54, 1.807) is 18.5 Å². The molecule has 3 heterocycles. The Morgan fingerprint density at radius 2 is 2.36 bits per heavy atom. The number of morpholine rings is 1. The van der Waals surface area contributed by atoms with E-state index < -0.39 is 0 Å². The Hall–Kier alpha value is -1.63. The molecule has 2 aromatic rings. The maximum atomic E-state index is 5.89. The molecule has 3 rings (SSSR count). The highest BCUT2D eigenvalue weighted by Crippen LogP contribution is 2.16. The van der Waals surface area contributed by atoms with Gasteiger partial charge in [-0.15, -0.1) is 0 Å². The molecule has 1 saturated heterocycles. The van der Waals surface area contributed by atoms with Crippen LogP contribution in [0.5, 0.6) is 5.75 Å². The first-order valence-electron chi connectivity index (χ1n) is 7.24. The third kappa shape index (κ3) is 3.97. The Balaban J connectivity index is 1.51.